The van der Waals surface area contributed by atoms with Crippen LogP contribution in [0.5, 0.6) is 0 Å². The minimum Gasteiger partial charge on any atom is -0.357 e. The fraction of sp³-hybridized carbons (Fsp3) is 0.545. The summed E-state index contributed by atoms with van der Waals surface area (Å²) in [5.74, 6) is 0.870. The molecule has 0 fully saturated rings. The van der Waals surface area contributed by atoms with E-state index in [1.165, 1.54) is 16.8 Å². The molecule has 0 aliphatic heterocycles. The Kier molecular flexibility index (Phi) is 8.51. The number of aromatic nitrogens is 2. The lowest BCUT2D eigenvalue weighted by Gasteiger charge is -2.24. The molecule has 1 aromatic carbocycles. The minimum absolute atomic E-state index is 0.255. The molecule has 154 valence electrons. The number of aliphatic imine (C=N–C) groups is 1. The van der Waals surface area contributed by atoms with Crippen molar-refractivity contribution in [3.05, 3.63) is 52.8 Å². The van der Waals surface area contributed by atoms with E-state index < -0.39 is 0 Å². The van der Waals surface area contributed by atoms with Gasteiger partial charge in [0.15, 0.2) is 5.96 Å². The highest BCUT2D eigenvalue weighted by atomic mass is 15.3. The van der Waals surface area contributed by atoms with Crippen molar-refractivity contribution >= 4 is 5.96 Å². The van der Waals surface area contributed by atoms with Gasteiger partial charge in [-0.05, 0) is 59.8 Å². The molecular weight excluding hydrogens is 348 g/mol. The smallest absolute Gasteiger partial charge is 0.191 e. The summed E-state index contributed by atoms with van der Waals surface area (Å²) in [6, 6.07) is 11.1. The topological polar surface area (TPSA) is 57.5 Å². The lowest BCUT2D eigenvalue weighted by Crippen LogP contribution is -2.38. The summed E-state index contributed by atoms with van der Waals surface area (Å²) < 4.78 is 2.07. The van der Waals surface area contributed by atoms with Crippen LogP contribution < -0.4 is 10.6 Å². The van der Waals surface area contributed by atoms with E-state index in [1.54, 1.807) is 0 Å². The highest BCUT2D eigenvalue weighted by Crippen LogP contribution is 2.19. The van der Waals surface area contributed by atoms with E-state index in [0.717, 1.165) is 37.7 Å². The predicted molar refractivity (Wildman–Crippen MR) is 118 cm³/mol. The van der Waals surface area contributed by atoms with E-state index in [1.807, 2.05) is 6.92 Å². The van der Waals surface area contributed by atoms with E-state index in [9.17, 15) is 0 Å². The number of rotatable bonds is 9. The summed E-state index contributed by atoms with van der Waals surface area (Å²) in [6.07, 6.45) is 1.00. The van der Waals surface area contributed by atoms with Gasteiger partial charge in [0.2, 0.25) is 0 Å². The summed E-state index contributed by atoms with van der Waals surface area (Å²) in [6.45, 7) is 11.7. The van der Waals surface area contributed by atoms with Crippen LogP contribution in [0.1, 0.15) is 41.9 Å². The average molecular weight is 385 g/mol. The zero-order chi connectivity index (χ0) is 20.5. The van der Waals surface area contributed by atoms with Gasteiger partial charge in [-0.1, -0.05) is 29.8 Å². The van der Waals surface area contributed by atoms with Crippen molar-refractivity contribution in [1.29, 1.82) is 0 Å². The SMILES string of the molecule is CCNC(=NCC(c1ccc(C)cc1)N(C)C)NCCCn1nc(C)cc1C. The van der Waals surface area contributed by atoms with Gasteiger partial charge in [0.1, 0.15) is 0 Å². The fourth-order valence-corrected chi connectivity index (χ4v) is 3.21. The molecular formula is C22H36N6. The predicted octanol–water partition coefficient (Wildman–Crippen LogP) is 3.06. The molecule has 0 amide bonds. The van der Waals surface area contributed by atoms with Gasteiger partial charge in [-0.2, -0.15) is 5.10 Å². The molecule has 1 heterocycles. The Labute approximate surface area is 170 Å². The Morgan fingerprint density at radius 3 is 2.43 bits per heavy atom. The third-order valence-electron chi connectivity index (χ3n) is 4.79. The Morgan fingerprint density at radius 1 is 1.14 bits per heavy atom. The molecule has 2 rings (SSSR count). The Hall–Kier alpha value is -2.34. The molecule has 0 saturated carbocycles. The van der Waals surface area contributed by atoms with Gasteiger partial charge in [0, 0.05) is 25.3 Å². The van der Waals surface area contributed by atoms with Gasteiger partial charge in [0.05, 0.1) is 18.3 Å². The Bertz CT molecular complexity index is 745. The van der Waals surface area contributed by atoms with Gasteiger partial charge in [-0.3, -0.25) is 9.67 Å². The third kappa shape index (κ3) is 6.68. The first-order valence-corrected chi connectivity index (χ1v) is 10.2. The molecule has 1 aromatic heterocycles. The first kappa shape index (κ1) is 22.0. The largest absolute Gasteiger partial charge is 0.357 e. The summed E-state index contributed by atoms with van der Waals surface area (Å²) in [7, 11) is 4.21. The molecule has 0 radical (unpaired) electrons. The molecule has 1 unspecified atom stereocenters. The summed E-state index contributed by atoms with van der Waals surface area (Å²) >= 11 is 0. The van der Waals surface area contributed by atoms with E-state index in [2.05, 4.69) is 90.5 Å². The second-order valence-corrected chi connectivity index (χ2v) is 7.54. The van der Waals surface area contributed by atoms with Crippen molar-refractivity contribution in [2.24, 2.45) is 4.99 Å². The highest BCUT2D eigenvalue weighted by Gasteiger charge is 2.13. The maximum absolute atomic E-state index is 4.83. The second kappa shape index (κ2) is 10.9. The van der Waals surface area contributed by atoms with Crippen molar-refractivity contribution in [2.75, 3.05) is 33.7 Å². The maximum Gasteiger partial charge on any atom is 0.191 e. The van der Waals surface area contributed by atoms with Crippen LogP contribution in [0.25, 0.3) is 0 Å². The van der Waals surface area contributed by atoms with Crippen molar-refractivity contribution in [2.45, 2.75) is 46.7 Å². The van der Waals surface area contributed by atoms with Crippen LogP contribution >= 0.6 is 0 Å². The lowest BCUT2D eigenvalue weighted by atomic mass is 10.0. The number of nitrogens with zero attached hydrogens (tertiary/aromatic N) is 4. The normalized spacial score (nSPS) is 13.0. The molecule has 0 aliphatic rings. The van der Waals surface area contributed by atoms with Gasteiger partial charge in [0.25, 0.3) is 0 Å². The van der Waals surface area contributed by atoms with E-state index >= 15 is 0 Å². The fourth-order valence-electron chi connectivity index (χ4n) is 3.21. The molecule has 6 nitrogen and oxygen atoms in total. The zero-order valence-corrected chi connectivity index (χ0v) is 18.3. The number of aryl methyl sites for hydroxylation is 4. The van der Waals surface area contributed by atoms with Crippen molar-refractivity contribution < 1.29 is 0 Å². The highest BCUT2D eigenvalue weighted by molar-refractivity contribution is 5.79. The van der Waals surface area contributed by atoms with E-state index in [0.29, 0.717) is 6.54 Å². The Balaban J connectivity index is 1.92. The van der Waals surface area contributed by atoms with Crippen LogP contribution in [-0.4, -0.2) is 54.4 Å². The van der Waals surface area contributed by atoms with Crippen molar-refractivity contribution in [3.8, 4) is 0 Å². The van der Waals surface area contributed by atoms with E-state index in [-0.39, 0.29) is 6.04 Å². The molecule has 0 bridgehead atoms. The van der Waals surface area contributed by atoms with Crippen LogP contribution in [-0.2, 0) is 6.54 Å². The first-order chi connectivity index (χ1) is 13.4. The van der Waals surface area contributed by atoms with Crippen molar-refractivity contribution in [1.82, 2.24) is 25.3 Å². The molecule has 1 atom stereocenters. The van der Waals surface area contributed by atoms with Crippen LogP contribution in [0.3, 0.4) is 0 Å². The third-order valence-corrected chi connectivity index (χ3v) is 4.79. The quantitative estimate of drug-likeness (QED) is 0.396. The number of guanidine groups is 1. The number of nitrogens with one attached hydrogen (secondary N) is 2. The van der Waals surface area contributed by atoms with Crippen molar-refractivity contribution in [3.63, 3.8) is 0 Å². The monoisotopic (exact) mass is 384 g/mol. The molecule has 2 N–H and O–H groups in total. The van der Waals surface area contributed by atoms with Crippen LogP contribution in [0.4, 0.5) is 0 Å². The number of hydrogen-bond donors (Lipinski definition) is 2. The van der Waals surface area contributed by atoms with E-state index in [4.69, 9.17) is 4.99 Å². The average Bonchev–Trinajstić information content (AvgIpc) is 2.97. The second-order valence-electron chi connectivity index (χ2n) is 7.54. The molecule has 0 spiro atoms. The number of benzene rings is 1. The van der Waals surface area contributed by atoms with Crippen LogP contribution in [0, 0.1) is 20.8 Å². The number of hydrogen-bond acceptors (Lipinski definition) is 3. The van der Waals surface area contributed by atoms with Crippen LogP contribution in [0.2, 0.25) is 0 Å². The molecule has 6 heteroatoms. The Morgan fingerprint density at radius 2 is 1.86 bits per heavy atom. The zero-order valence-electron chi connectivity index (χ0n) is 18.3. The number of likely N-dealkylation sites (N-methyl/N-ethyl adjacent to an activating group) is 1. The molecule has 2 aromatic rings. The molecule has 0 saturated heterocycles. The lowest BCUT2D eigenvalue weighted by molar-refractivity contribution is 0.306. The van der Waals surface area contributed by atoms with Gasteiger partial charge in [-0.25, -0.2) is 0 Å². The van der Waals surface area contributed by atoms with Crippen LogP contribution in [0.15, 0.2) is 35.3 Å². The first-order valence-electron chi connectivity index (χ1n) is 10.2. The van der Waals surface area contributed by atoms with Gasteiger partial charge < -0.3 is 15.5 Å². The molecule has 0 aliphatic carbocycles. The maximum atomic E-state index is 4.83. The molecule has 28 heavy (non-hydrogen) atoms. The standard InChI is InChI=1S/C22H36N6/c1-7-23-22(24-13-8-14-28-19(4)15-18(3)26-28)25-16-21(27(5)6)20-11-9-17(2)10-12-20/h9-12,15,21H,7-8,13-14,16H2,1-6H3,(H2,23,24,25). The minimum atomic E-state index is 0.255. The van der Waals surface area contributed by atoms with Gasteiger partial charge >= 0.3 is 0 Å². The summed E-state index contributed by atoms with van der Waals surface area (Å²) in [5.41, 5.74) is 4.86. The van der Waals surface area contributed by atoms with Gasteiger partial charge in [-0.15, -0.1) is 0 Å². The summed E-state index contributed by atoms with van der Waals surface area (Å²) in [4.78, 5) is 7.05. The summed E-state index contributed by atoms with van der Waals surface area (Å²) in [5, 5.41) is 11.3.